The summed E-state index contributed by atoms with van der Waals surface area (Å²) in [5.74, 6) is -0.835. The van der Waals surface area contributed by atoms with E-state index in [2.05, 4.69) is 10.2 Å². The van der Waals surface area contributed by atoms with E-state index in [1.165, 1.54) is 28.0 Å². The van der Waals surface area contributed by atoms with Crippen molar-refractivity contribution in [1.29, 1.82) is 0 Å². The first-order valence-electron chi connectivity index (χ1n) is 4.86. The maximum absolute atomic E-state index is 10.7. The molecule has 1 N–H and O–H groups in total. The Morgan fingerprint density at radius 2 is 2.18 bits per heavy atom. The molecule has 0 radical (unpaired) electrons. The van der Waals surface area contributed by atoms with Gasteiger partial charge in [-0.05, 0) is 26.0 Å². The van der Waals surface area contributed by atoms with E-state index < -0.39 is 11.2 Å². The predicted octanol–water partition coefficient (Wildman–Crippen LogP) is 3.14. The second kappa shape index (κ2) is 5.16. The van der Waals surface area contributed by atoms with Gasteiger partial charge in [0.2, 0.25) is 0 Å². The molecule has 0 aromatic carbocycles. The van der Waals surface area contributed by atoms with Gasteiger partial charge in [0.15, 0.2) is 9.35 Å². The van der Waals surface area contributed by atoms with Gasteiger partial charge >= 0.3 is 5.97 Å². The summed E-state index contributed by atoms with van der Waals surface area (Å²) in [5, 5.41) is 17.2. The molecule has 2 aromatic heterocycles. The fourth-order valence-electron chi connectivity index (χ4n) is 1.11. The van der Waals surface area contributed by atoms with Gasteiger partial charge in [-0.25, -0.2) is 0 Å². The van der Waals surface area contributed by atoms with Crippen LogP contribution in [0.5, 0.6) is 0 Å². The number of nitrogens with zero attached hydrogens (tertiary/aromatic N) is 2. The SMILES string of the molecule is Cc1ccc(-c2nnc(SC(C)C(=O)O)s2)s1. The van der Waals surface area contributed by atoms with Gasteiger partial charge < -0.3 is 5.11 Å². The summed E-state index contributed by atoms with van der Waals surface area (Å²) >= 11 is 4.32. The van der Waals surface area contributed by atoms with E-state index in [0.717, 1.165) is 9.88 Å². The van der Waals surface area contributed by atoms with Crippen LogP contribution < -0.4 is 0 Å². The van der Waals surface area contributed by atoms with Crippen molar-refractivity contribution in [2.45, 2.75) is 23.4 Å². The molecule has 0 spiro atoms. The van der Waals surface area contributed by atoms with Gasteiger partial charge in [-0.15, -0.1) is 21.5 Å². The monoisotopic (exact) mass is 286 g/mol. The Balaban J connectivity index is 2.13. The molecule has 1 unspecified atom stereocenters. The summed E-state index contributed by atoms with van der Waals surface area (Å²) in [6.45, 7) is 3.68. The van der Waals surface area contributed by atoms with Gasteiger partial charge in [0.1, 0.15) is 5.25 Å². The van der Waals surface area contributed by atoms with E-state index in [1.807, 2.05) is 19.1 Å². The first kappa shape index (κ1) is 12.5. The third kappa shape index (κ3) is 3.05. The molecule has 0 aliphatic heterocycles. The third-order valence-corrected chi connectivity index (χ3v) is 5.25. The fraction of sp³-hybridized carbons (Fsp3) is 0.300. The maximum atomic E-state index is 10.7. The van der Waals surface area contributed by atoms with E-state index in [-0.39, 0.29) is 0 Å². The molecule has 0 aliphatic rings. The zero-order chi connectivity index (χ0) is 12.4. The molecular weight excluding hydrogens is 276 g/mol. The van der Waals surface area contributed by atoms with Crippen LogP contribution in [0.1, 0.15) is 11.8 Å². The Labute approximate surface area is 111 Å². The van der Waals surface area contributed by atoms with Crippen molar-refractivity contribution in [2.75, 3.05) is 0 Å². The summed E-state index contributed by atoms with van der Waals surface area (Å²) < 4.78 is 0.695. The Hall–Kier alpha value is -0.920. The van der Waals surface area contributed by atoms with Gasteiger partial charge in [-0.1, -0.05) is 23.1 Å². The van der Waals surface area contributed by atoms with Crippen molar-refractivity contribution in [2.24, 2.45) is 0 Å². The van der Waals surface area contributed by atoms with Crippen molar-refractivity contribution in [3.8, 4) is 9.88 Å². The van der Waals surface area contributed by atoms with Gasteiger partial charge in [-0.3, -0.25) is 4.79 Å². The summed E-state index contributed by atoms with van der Waals surface area (Å²) in [7, 11) is 0. The van der Waals surface area contributed by atoms with Gasteiger partial charge in [0.05, 0.1) is 4.88 Å². The van der Waals surface area contributed by atoms with Crippen molar-refractivity contribution in [1.82, 2.24) is 10.2 Å². The lowest BCUT2D eigenvalue weighted by molar-refractivity contribution is -0.136. The molecule has 0 bridgehead atoms. The van der Waals surface area contributed by atoms with Crippen LogP contribution >= 0.6 is 34.4 Å². The van der Waals surface area contributed by atoms with Gasteiger partial charge in [0.25, 0.3) is 0 Å². The maximum Gasteiger partial charge on any atom is 0.316 e. The number of aryl methyl sites for hydroxylation is 1. The Morgan fingerprint density at radius 3 is 2.76 bits per heavy atom. The zero-order valence-corrected chi connectivity index (χ0v) is 11.7. The van der Waals surface area contributed by atoms with E-state index in [1.54, 1.807) is 18.3 Å². The summed E-state index contributed by atoms with van der Waals surface area (Å²) in [6, 6.07) is 4.05. The van der Waals surface area contributed by atoms with Crippen LogP contribution in [0, 0.1) is 6.92 Å². The number of hydrogen-bond donors (Lipinski definition) is 1. The first-order valence-corrected chi connectivity index (χ1v) is 7.37. The normalized spacial score (nSPS) is 12.6. The summed E-state index contributed by atoms with van der Waals surface area (Å²) in [4.78, 5) is 13.0. The minimum absolute atomic E-state index is 0.499. The predicted molar refractivity (Wildman–Crippen MR) is 70.9 cm³/mol. The quantitative estimate of drug-likeness (QED) is 0.875. The van der Waals surface area contributed by atoms with Crippen molar-refractivity contribution >= 4 is 40.4 Å². The van der Waals surface area contributed by atoms with Crippen LogP contribution in [-0.4, -0.2) is 26.5 Å². The number of thiophene rings is 1. The fourth-order valence-corrected chi connectivity index (χ4v) is 3.96. The van der Waals surface area contributed by atoms with Crippen LogP contribution in [0.15, 0.2) is 16.5 Å². The van der Waals surface area contributed by atoms with Crippen LogP contribution in [0.25, 0.3) is 9.88 Å². The Morgan fingerprint density at radius 1 is 1.41 bits per heavy atom. The molecule has 2 aromatic rings. The lowest BCUT2D eigenvalue weighted by atomic mass is 10.4. The molecule has 1 atom stereocenters. The minimum atomic E-state index is -0.835. The highest BCUT2D eigenvalue weighted by Crippen LogP contribution is 2.34. The highest BCUT2D eigenvalue weighted by molar-refractivity contribution is 8.02. The largest absolute Gasteiger partial charge is 0.480 e. The molecule has 17 heavy (non-hydrogen) atoms. The number of thioether (sulfide) groups is 1. The van der Waals surface area contributed by atoms with Crippen LogP contribution in [0.3, 0.4) is 0 Å². The molecule has 4 nitrogen and oxygen atoms in total. The van der Waals surface area contributed by atoms with Crippen molar-refractivity contribution < 1.29 is 9.90 Å². The number of rotatable bonds is 4. The molecule has 2 heterocycles. The van der Waals surface area contributed by atoms with Gasteiger partial charge in [-0.2, -0.15) is 0 Å². The second-order valence-electron chi connectivity index (χ2n) is 3.38. The molecule has 2 rings (SSSR count). The van der Waals surface area contributed by atoms with Crippen molar-refractivity contribution in [3.63, 3.8) is 0 Å². The first-order chi connectivity index (χ1) is 8.06. The number of hydrogen-bond acceptors (Lipinski definition) is 6. The molecule has 0 saturated heterocycles. The topological polar surface area (TPSA) is 63.1 Å². The van der Waals surface area contributed by atoms with Crippen LogP contribution in [0.2, 0.25) is 0 Å². The van der Waals surface area contributed by atoms with E-state index in [0.29, 0.717) is 4.34 Å². The van der Waals surface area contributed by atoms with E-state index >= 15 is 0 Å². The highest BCUT2D eigenvalue weighted by atomic mass is 32.2. The highest BCUT2D eigenvalue weighted by Gasteiger charge is 2.16. The van der Waals surface area contributed by atoms with E-state index in [9.17, 15) is 4.79 Å². The molecule has 0 saturated carbocycles. The number of carboxylic acids is 1. The molecule has 0 aliphatic carbocycles. The number of carboxylic acid groups (broad SMARTS) is 1. The lowest BCUT2D eigenvalue weighted by Crippen LogP contribution is -2.10. The Kier molecular flexibility index (Phi) is 3.80. The number of aromatic nitrogens is 2. The minimum Gasteiger partial charge on any atom is -0.480 e. The second-order valence-corrected chi connectivity index (χ2v) is 7.24. The molecule has 90 valence electrons. The number of aliphatic carboxylic acids is 1. The zero-order valence-electron chi connectivity index (χ0n) is 9.21. The summed E-state index contributed by atoms with van der Waals surface area (Å²) in [5.41, 5.74) is 0. The average molecular weight is 286 g/mol. The van der Waals surface area contributed by atoms with Crippen LogP contribution in [0.4, 0.5) is 0 Å². The standard InChI is InChI=1S/C10H10N2O2S3/c1-5-3-4-7(15-5)8-11-12-10(17-8)16-6(2)9(13)14/h3-4,6H,1-2H3,(H,13,14). The molecular formula is C10H10N2O2S3. The Bertz CT molecular complexity index is 535. The third-order valence-electron chi connectivity index (χ3n) is 1.98. The molecule has 0 amide bonds. The molecule has 7 heteroatoms. The van der Waals surface area contributed by atoms with Crippen molar-refractivity contribution in [3.05, 3.63) is 17.0 Å². The number of carbonyl (C=O) groups is 1. The van der Waals surface area contributed by atoms with Crippen LogP contribution in [-0.2, 0) is 4.79 Å². The van der Waals surface area contributed by atoms with E-state index in [4.69, 9.17) is 5.11 Å². The van der Waals surface area contributed by atoms with Gasteiger partial charge in [0, 0.05) is 4.88 Å². The smallest absolute Gasteiger partial charge is 0.316 e. The summed E-state index contributed by atoms with van der Waals surface area (Å²) in [6.07, 6.45) is 0. The molecule has 0 fully saturated rings. The lowest BCUT2D eigenvalue weighted by Gasteiger charge is -1.99. The average Bonchev–Trinajstić information content (AvgIpc) is 2.86.